The van der Waals surface area contributed by atoms with Gasteiger partial charge in [-0.1, -0.05) is 0 Å². The number of H-pyrrole nitrogens is 1. The summed E-state index contributed by atoms with van der Waals surface area (Å²) in [4.78, 5) is 30.6. The molecule has 0 aliphatic carbocycles. The number of hydrogen-bond donors (Lipinski definition) is 3. The maximum absolute atomic E-state index is 12.4. The van der Waals surface area contributed by atoms with Gasteiger partial charge >= 0.3 is 5.97 Å². The van der Waals surface area contributed by atoms with E-state index < -0.39 is 5.97 Å². The number of carbonyl (C=O) groups excluding carboxylic acids is 2. The second-order valence-electron chi connectivity index (χ2n) is 7.32. The van der Waals surface area contributed by atoms with E-state index in [2.05, 4.69) is 53.0 Å². The van der Waals surface area contributed by atoms with Crippen LogP contribution in [0, 0.1) is 0 Å². The van der Waals surface area contributed by atoms with Crippen molar-refractivity contribution in [2.75, 3.05) is 7.11 Å². The molecule has 0 saturated carbocycles. The Balaban J connectivity index is 2.12. The van der Waals surface area contributed by atoms with Crippen LogP contribution in [0.5, 0.6) is 0 Å². The van der Waals surface area contributed by atoms with Crippen LogP contribution < -0.4 is 10.6 Å². The normalized spacial score (nSPS) is 20.4. The fourth-order valence-electron chi connectivity index (χ4n) is 3.60. The Bertz CT molecular complexity index is 561. The van der Waals surface area contributed by atoms with Crippen molar-refractivity contribution in [3.63, 3.8) is 0 Å². The lowest BCUT2D eigenvalue weighted by Crippen LogP contribution is -3.06. The predicted octanol–water partition coefficient (Wildman–Crippen LogP) is 0.209. The van der Waals surface area contributed by atoms with Gasteiger partial charge in [0.2, 0.25) is 0 Å². The van der Waals surface area contributed by atoms with Gasteiger partial charge in [-0.2, -0.15) is 0 Å². The van der Waals surface area contributed by atoms with Gasteiger partial charge in [-0.25, -0.2) is 9.78 Å². The van der Waals surface area contributed by atoms with E-state index in [1.807, 2.05) is 0 Å². The Kier molecular flexibility index (Phi) is 4.28. The molecule has 1 fully saturated rings. The van der Waals surface area contributed by atoms with Crippen LogP contribution in [0.3, 0.4) is 0 Å². The Morgan fingerprint density at radius 1 is 1.32 bits per heavy atom. The molecule has 0 aromatic carbocycles. The zero-order valence-electron chi connectivity index (χ0n) is 13.8. The van der Waals surface area contributed by atoms with E-state index in [9.17, 15) is 9.59 Å². The van der Waals surface area contributed by atoms with Crippen LogP contribution in [0.15, 0.2) is 6.33 Å². The summed E-state index contributed by atoms with van der Waals surface area (Å²) in [6.45, 7) is 8.67. The van der Waals surface area contributed by atoms with Crippen LogP contribution in [0.2, 0.25) is 0 Å². The van der Waals surface area contributed by atoms with Gasteiger partial charge in [0.25, 0.3) is 5.91 Å². The molecule has 0 unspecified atom stereocenters. The summed E-state index contributed by atoms with van der Waals surface area (Å²) in [6.07, 6.45) is 3.05. The molecule has 1 aliphatic heterocycles. The number of nitrogens with zero attached hydrogens (tertiary/aromatic N) is 1. The molecule has 122 valence electrons. The quantitative estimate of drug-likeness (QED) is 0.695. The zero-order valence-corrected chi connectivity index (χ0v) is 13.8. The Labute approximate surface area is 130 Å². The first-order valence-electron chi connectivity index (χ1n) is 7.43. The van der Waals surface area contributed by atoms with Crippen LogP contribution in [-0.2, 0) is 4.74 Å². The largest absolute Gasteiger partial charge is 0.464 e. The summed E-state index contributed by atoms with van der Waals surface area (Å²) >= 11 is 0. The number of aromatic nitrogens is 2. The topological polar surface area (TPSA) is 101 Å². The number of imidazole rings is 1. The summed E-state index contributed by atoms with van der Waals surface area (Å²) < 4.78 is 4.65. The van der Waals surface area contributed by atoms with Gasteiger partial charge in [0.15, 0.2) is 11.4 Å². The number of amides is 1. The maximum atomic E-state index is 12.4. The number of aromatic amines is 1. The molecule has 0 atom stereocenters. The number of quaternary nitrogens is 1. The number of carbonyl (C=O) groups is 2. The van der Waals surface area contributed by atoms with E-state index >= 15 is 0 Å². The Morgan fingerprint density at radius 3 is 2.45 bits per heavy atom. The average Bonchev–Trinajstić information content (AvgIpc) is 2.82. The molecule has 1 aliphatic rings. The van der Waals surface area contributed by atoms with Crippen molar-refractivity contribution in [3.05, 3.63) is 17.7 Å². The number of rotatable bonds is 3. The summed E-state index contributed by atoms with van der Waals surface area (Å²) in [7, 11) is 1.27. The van der Waals surface area contributed by atoms with Crippen molar-refractivity contribution in [2.45, 2.75) is 57.7 Å². The van der Waals surface area contributed by atoms with Crippen molar-refractivity contribution in [3.8, 4) is 0 Å². The minimum Gasteiger partial charge on any atom is -0.464 e. The van der Waals surface area contributed by atoms with Crippen molar-refractivity contribution >= 4 is 11.9 Å². The van der Waals surface area contributed by atoms with E-state index in [0.29, 0.717) is 0 Å². The van der Waals surface area contributed by atoms with Gasteiger partial charge < -0.3 is 20.4 Å². The minimum absolute atomic E-state index is 0.0460. The van der Waals surface area contributed by atoms with Crippen molar-refractivity contribution < 1.29 is 19.6 Å². The fraction of sp³-hybridized carbons (Fsp3) is 0.667. The number of esters is 1. The van der Waals surface area contributed by atoms with Gasteiger partial charge in [-0.15, -0.1) is 0 Å². The van der Waals surface area contributed by atoms with Crippen molar-refractivity contribution in [2.24, 2.45) is 0 Å². The summed E-state index contributed by atoms with van der Waals surface area (Å²) in [5.74, 6) is -0.944. The van der Waals surface area contributed by atoms with E-state index in [1.165, 1.54) is 13.4 Å². The third kappa shape index (κ3) is 3.65. The van der Waals surface area contributed by atoms with E-state index in [0.717, 1.165) is 12.8 Å². The smallest absolute Gasteiger partial charge is 0.356 e. The fourth-order valence-corrected chi connectivity index (χ4v) is 3.60. The van der Waals surface area contributed by atoms with E-state index in [1.54, 1.807) is 0 Å². The van der Waals surface area contributed by atoms with Crippen LogP contribution in [0.4, 0.5) is 0 Å². The van der Waals surface area contributed by atoms with Crippen LogP contribution in [-0.4, -0.2) is 46.1 Å². The molecule has 2 heterocycles. The molecule has 22 heavy (non-hydrogen) atoms. The van der Waals surface area contributed by atoms with Gasteiger partial charge in [-0.3, -0.25) is 4.79 Å². The van der Waals surface area contributed by atoms with Crippen LogP contribution in [0.25, 0.3) is 0 Å². The Morgan fingerprint density at radius 2 is 1.91 bits per heavy atom. The molecule has 7 nitrogen and oxygen atoms in total. The third-order valence-corrected chi connectivity index (χ3v) is 3.91. The number of hydrogen-bond acceptors (Lipinski definition) is 4. The third-order valence-electron chi connectivity index (χ3n) is 3.91. The molecule has 1 amide bonds. The Hall–Kier alpha value is -1.89. The zero-order chi connectivity index (χ0) is 16.5. The predicted molar refractivity (Wildman–Crippen MR) is 80.5 cm³/mol. The molecule has 2 rings (SSSR count). The number of methoxy groups -OCH3 is 1. The van der Waals surface area contributed by atoms with Gasteiger partial charge in [-0.05, 0) is 27.7 Å². The SMILES string of the molecule is COC(=O)c1[nH]cnc1C(=O)NC1CC(C)(C)[NH2+]C(C)(C)C1. The van der Waals surface area contributed by atoms with E-state index in [4.69, 9.17) is 0 Å². The number of nitrogens with two attached hydrogens (primary N) is 1. The summed E-state index contributed by atoms with van der Waals surface area (Å²) in [5, 5.41) is 5.35. The molecule has 7 heteroatoms. The lowest BCUT2D eigenvalue weighted by Gasteiger charge is -2.43. The highest BCUT2D eigenvalue weighted by molar-refractivity contribution is 6.02. The second kappa shape index (κ2) is 5.72. The standard InChI is InChI=1S/C15H24N4O3/c1-14(2)6-9(7-15(3,4)19-14)18-12(20)10-11(13(21)22-5)17-8-16-10/h8-9,19H,6-7H2,1-5H3,(H,16,17)(H,18,20)/p+1. The number of nitrogens with one attached hydrogen (secondary N) is 2. The molecule has 1 aromatic rings. The molecular weight excluding hydrogens is 284 g/mol. The highest BCUT2D eigenvalue weighted by Crippen LogP contribution is 2.22. The highest BCUT2D eigenvalue weighted by Gasteiger charge is 2.42. The van der Waals surface area contributed by atoms with Gasteiger partial charge in [0.1, 0.15) is 0 Å². The summed E-state index contributed by atoms with van der Waals surface area (Å²) in [6, 6.07) is 0.0460. The number of ether oxygens (including phenoxy) is 1. The lowest BCUT2D eigenvalue weighted by atomic mass is 9.79. The molecule has 0 spiro atoms. The first-order chi connectivity index (χ1) is 10.1. The van der Waals surface area contributed by atoms with Crippen molar-refractivity contribution in [1.29, 1.82) is 0 Å². The van der Waals surface area contributed by atoms with Gasteiger partial charge in [0.05, 0.1) is 24.5 Å². The molecule has 1 aromatic heterocycles. The molecule has 0 radical (unpaired) electrons. The molecule has 1 saturated heterocycles. The molecule has 0 bridgehead atoms. The van der Waals surface area contributed by atoms with Crippen LogP contribution >= 0.6 is 0 Å². The lowest BCUT2D eigenvalue weighted by molar-refractivity contribution is -0.787. The first kappa shape index (κ1) is 16.5. The highest BCUT2D eigenvalue weighted by atomic mass is 16.5. The monoisotopic (exact) mass is 309 g/mol. The second-order valence-corrected chi connectivity index (χ2v) is 7.32. The first-order valence-corrected chi connectivity index (χ1v) is 7.43. The van der Waals surface area contributed by atoms with Crippen molar-refractivity contribution in [1.82, 2.24) is 15.3 Å². The van der Waals surface area contributed by atoms with Gasteiger partial charge in [0, 0.05) is 18.9 Å². The molecule has 4 N–H and O–H groups in total. The number of piperidine rings is 1. The maximum Gasteiger partial charge on any atom is 0.356 e. The van der Waals surface area contributed by atoms with E-state index in [-0.39, 0.29) is 34.4 Å². The minimum atomic E-state index is -0.597. The average molecular weight is 309 g/mol. The molecular formula is C15H25N4O3+. The van der Waals surface area contributed by atoms with Crippen LogP contribution in [0.1, 0.15) is 61.5 Å². The summed E-state index contributed by atoms with van der Waals surface area (Å²) in [5.41, 5.74) is 0.269.